The molecule has 3 rings (SSSR count). The molecular weight excluding hydrogens is 396 g/mol. The van der Waals surface area contributed by atoms with Crippen LogP contribution in [0.15, 0.2) is 64.4 Å². The molecular formula is C20H26N2O4S2. The molecule has 0 spiro atoms. The van der Waals surface area contributed by atoms with Crippen molar-refractivity contribution >= 4 is 20.0 Å². The van der Waals surface area contributed by atoms with Gasteiger partial charge in [-0.3, -0.25) is 0 Å². The van der Waals surface area contributed by atoms with Crippen molar-refractivity contribution in [3.63, 3.8) is 0 Å². The Kier molecular flexibility index (Phi) is 6.24. The lowest BCUT2D eigenvalue weighted by Gasteiger charge is -2.26. The molecule has 0 atom stereocenters. The highest BCUT2D eigenvalue weighted by Gasteiger charge is 2.30. The smallest absolute Gasteiger partial charge is 0.207 e. The van der Waals surface area contributed by atoms with Gasteiger partial charge in [-0.05, 0) is 56.5 Å². The first-order valence-electron chi connectivity index (χ1n) is 9.39. The summed E-state index contributed by atoms with van der Waals surface area (Å²) in [5.41, 5.74) is 0.896. The van der Waals surface area contributed by atoms with E-state index in [4.69, 9.17) is 0 Å². The fourth-order valence-electron chi connectivity index (χ4n) is 3.30. The SMILES string of the molecule is CC(C)N(Cc1ccccc1)S(=O)(=O)c1ccc(S(=O)(=O)N2CCCC2)cc1. The molecule has 0 bridgehead atoms. The van der Waals surface area contributed by atoms with E-state index >= 15 is 0 Å². The van der Waals surface area contributed by atoms with E-state index in [1.165, 1.54) is 32.9 Å². The van der Waals surface area contributed by atoms with Crippen molar-refractivity contribution in [2.75, 3.05) is 13.1 Å². The quantitative estimate of drug-likeness (QED) is 0.687. The Morgan fingerprint density at radius 3 is 1.93 bits per heavy atom. The maximum atomic E-state index is 13.2. The van der Waals surface area contributed by atoms with E-state index in [-0.39, 0.29) is 22.4 Å². The third-order valence-corrected chi connectivity index (χ3v) is 8.84. The van der Waals surface area contributed by atoms with E-state index in [1.54, 1.807) is 0 Å². The summed E-state index contributed by atoms with van der Waals surface area (Å²) in [4.78, 5) is 0.227. The van der Waals surface area contributed by atoms with Gasteiger partial charge >= 0.3 is 0 Å². The van der Waals surface area contributed by atoms with Gasteiger partial charge in [-0.15, -0.1) is 0 Å². The van der Waals surface area contributed by atoms with E-state index in [0.717, 1.165) is 18.4 Å². The van der Waals surface area contributed by atoms with E-state index in [2.05, 4.69) is 0 Å². The zero-order valence-corrected chi connectivity index (χ0v) is 17.8. The standard InChI is InChI=1S/C20H26N2O4S2/c1-17(2)22(16-18-8-4-3-5-9-18)28(25,26)20-12-10-19(11-13-20)27(23,24)21-14-6-7-15-21/h3-5,8-13,17H,6-7,14-16H2,1-2H3. The van der Waals surface area contributed by atoms with Gasteiger partial charge in [-0.1, -0.05) is 30.3 Å². The largest absolute Gasteiger partial charge is 0.243 e. The molecule has 1 aliphatic rings. The second-order valence-corrected chi connectivity index (χ2v) is 11.0. The minimum Gasteiger partial charge on any atom is -0.207 e. The Labute approximate surface area is 167 Å². The first-order valence-corrected chi connectivity index (χ1v) is 12.3. The topological polar surface area (TPSA) is 74.8 Å². The summed E-state index contributed by atoms with van der Waals surface area (Å²) in [6, 6.07) is 14.7. The molecule has 152 valence electrons. The maximum absolute atomic E-state index is 13.2. The van der Waals surface area contributed by atoms with E-state index in [9.17, 15) is 16.8 Å². The van der Waals surface area contributed by atoms with Crippen LogP contribution in [0.1, 0.15) is 32.3 Å². The Balaban J connectivity index is 1.88. The molecule has 1 fully saturated rings. The summed E-state index contributed by atoms with van der Waals surface area (Å²) in [5.74, 6) is 0. The highest BCUT2D eigenvalue weighted by Crippen LogP contribution is 2.25. The Morgan fingerprint density at radius 2 is 1.39 bits per heavy atom. The molecule has 1 aliphatic heterocycles. The molecule has 28 heavy (non-hydrogen) atoms. The fraction of sp³-hybridized carbons (Fsp3) is 0.400. The molecule has 0 N–H and O–H groups in total. The van der Waals surface area contributed by atoms with Crippen molar-refractivity contribution in [2.24, 2.45) is 0 Å². The highest BCUT2D eigenvalue weighted by atomic mass is 32.2. The van der Waals surface area contributed by atoms with Gasteiger partial charge < -0.3 is 0 Å². The van der Waals surface area contributed by atoms with Crippen molar-refractivity contribution in [1.82, 2.24) is 8.61 Å². The lowest BCUT2D eigenvalue weighted by molar-refractivity contribution is 0.348. The van der Waals surface area contributed by atoms with Crippen LogP contribution >= 0.6 is 0 Å². The molecule has 0 unspecified atom stereocenters. The molecule has 2 aromatic carbocycles. The minimum absolute atomic E-state index is 0.0949. The van der Waals surface area contributed by atoms with Crippen LogP contribution in [-0.4, -0.2) is 44.6 Å². The molecule has 2 aromatic rings. The summed E-state index contributed by atoms with van der Waals surface area (Å²) in [6.07, 6.45) is 1.71. The van der Waals surface area contributed by atoms with Crippen LogP contribution in [0.3, 0.4) is 0 Å². The molecule has 6 nitrogen and oxygen atoms in total. The number of rotatable bonds is 7. The number of sulfonamides is 2. The van der Waals surface area contributed by atoms with Crippen LogP contribution in [0.25, 0.3) is 0 Å². The van der Waals surface area contributed by atoms with Gasteiger partial charge in [0.1, 0.15) is 0 Å². The van der Waals surface area contributed by atoms with E-state index in [1.807, 2.05) is 44.2 Å². The lowest BCUT2D eigenvalue weighted by Crippen LogP contribution is -2.36. The minimum atomic E-state index is -3.75. The van der Waals surface area contributed by atoms with Crippen molar-refractivity contribution in [3.8, 4) is 0 Å². The summed E-state index contributed by atoms with van der Waals surface area (Å²) in [5, 5.41) is 0. The average Bonchev–Trinajstić information content (AvgIpc) is 3.22. The normalized spacial score (nSPS) is 16.1. The van der Waals surface area contributed by atoms with E-state index in [0.29, 0.717) is 13.1 Å². The first-order chi connectivity index (χ1) is 13.2. The van der Waals surface area contributed by atoms with Crippen LogP contribution in [0, 0.1) is 0 Å². The molecule has 0 aliphatic carbocycles. The summed E-state index contributed by atoms with van der Waals surface area (Å²) in [6.45, 7) is 4.94. The number of nitrogens with zero attached hydrogens (tertiary/aromatic N) is 2. The Hall–Kier alpha value is -1.74. The third-order valence-electron chi connectivity index (χ3n) is 4.89. The van der Waals surface area contributed by atoms with Gasteiger partial charge in [-0.25, -0.2) is 16.8 Å². The summed E-state index contributed by atoms with van der Waals surface area (Å²) < 4.78 is 54.5. The van der Waals surface area contributed by atoms with E-state index < -0.39 is 20.0 Å². The van der Waals surface area contributed by atoms with Gasteiger partial charge in [0.15, 0.2) is 0 Å². The van der Waals surface area contributed by atoms with Gasteiger partial charge in [-0.2, -0.15) is 8.61 Å². The molecule has 0 saturated carbocycles. The van der Waals surface area contributed by atoms with Crippen molar-refractivity contribution in [2.45, 2.75) is 49.1 Å². The zero-order valence-electron chi connectivity index (χ0n) is 16.2. The second kappa shape index (κ2) is 8.32. The number of benzene rings is 2. The molecule has 0 radical (unpaired) electrons. The zero-order chi connectivity index (χ0) is 20.4. The first kappa shape index (κ1) is 21.0. The molecule has 1 heterocycles. The van der Waals surface area contributed by atoms with Gasteiger partial charge in [0.2, 0.25) is 20.0 Å². The predicted molar refractivity (Wildman–Crippen MR) is 109 cm³/mol. The van der Waals surface area contributed by atoms with Crippen molar-refractivity contribution < 1.29 is 16.8 Å². The van der Waals surface area contributed by atoms with Crippen LogP contribution < -0.4 is 0 Å². The van der Waals surface area contributed by atoms with Crippen LogP contribution in [0.5, 0.6) is 0 Å². The predicted octanol–water partition coefficient (Wildman–Crippen LogP) is 3.07. The molecule has 1 saturated heterocycles. The van der Waals surface area contributed by atoms with Crippen molar-refractivity contribution in [3.05, 3.63) is 60.2 Å². The summed E-state index contributed by atoms with van der Waals surface area (Å²) in [7, 11) is -7.32. The Bertz CT molecular complexity index is 996. The fourth-order valence-corrected chi connectivity index (χ4v) is 6.45. The van der Waals surface area contributed by atoms with Gasteiger partial charge in [0.05, 0.1) is 9.79 Å². The van der Waals surface area contributed by atoms with Crippen LogP contribution in [-0.2, 0) is 26.6 Å². The van der Waals surface area contributed by atoms with Crippen LogP contribution in [0.4, 0.5) is 0 Å². The van der Waals surface area contributed by atoms with Crippen LogP contribution in [0.2, 0.25) is 0 Å². The number of hydrogen-bond donors (Lipinski definition) is 0. The molecule has 8 heteroatoms. The van der Waals surface area contributed by atoms with Gasteiger partial charge in [0.25, 0.3) is 0 Å². The molecule has 0 amide bonds. The maximum Gasteiger partial charge on any atom is 0.243 e. The Morgan fingerprint density at radius 1 is 0.857 bits per heavy atom. The highest BCUT2D eigenvalue weighted by molar-refractivity contribution is 7.89. The summed E-state index contributed by atoms with van der Waals surface area (Å²) >= 11 is 0. The average molecular weight is 423 g/mol. The molecule has 0 aromatic heterocycles. The lowest BCUT2D eigenvalue weighted by atomic mass is 10.2. The second-order valence-electron chi connectivity index (χ2n) is 7.21. The number of hydrogen-bond acceptors (Lipinski definition) is 4. The monoisotopic (exact) mass is 422 g/mol. The van der Waals surface area contributed by atoms with Gasteiger partial charge in [0, 0.05) is 25.7 Å². The third kappa shape index (κ3) is 4.30. The van der Waals surface area contributed by atoms with Crippen molar-refractivity contribution in [1.29, 1.82) is 0 Å².